The molecule has 0 unspecified atom stereocenters. The van der Waals surface area contributed by atoms with E-state index in [9.17, 15) is 0 Å². The average molecular weight is 190 g/mol. The van der Waals surface area contributed by atoms with Crippen molar-refractivity contribution in [3.8, 4) is 0 Å². The van der Waals surface area contributed by atoms with E-state index in [1.807, 2.05) is 6.20 Å². The summed E-state index contributed by atoms with van der Waals surface area (Å²) < 4.78 is 0. The Kier molecular flexibility index (Phi) is 3.87. The third-order valence-electron chi connectivity index (χ3n) is 1.48. The number of aryl methyl sites for hydroxylation is 1. The van der Waals surface area contributed by atoms with Crippen LogP contribution in [0.15, 0.2) is 6.20 Å². The molecule has 0 amide bonds. The van der Waals surface area contributed by atoms with Gasteiger partial charge in [0.1, 0.15) is 0 Å². The standard InChI is InChI=1S/C8H12ClNS/c1-2-3-4-8-10-6-7(5-9)11-8/h6H,2-5H2,1H3. The van der Waals surface area contributed by atoms with E-state index in [1.165, 1.54) is 22.7 Å². The molecule has 1 heterocycles. The van der Waals surface area contributed by atoms with E-state index in [0.717, 1.165) is 6.42 Å². The van der Waals surface area contributed by atoms with Crippen LogP contribution in [0.2, 0.25) is 0 Å². The predicted octanol–water partition coefficient (Wildman–Crippen LogP) is 3.22. The predicted molar refractivity (Wildman–Crippen MR) is 50.3 cm³/mol. The van der Waals surface area contributed by atoms with Crippen LogP contribution in [0.3, 0.4) is 0 Å². The van der Waals surface area contributed by atoms with Gasteiger partial charge in [-0.3, -0.25) is 0 Å². The SMILES string of the molecule is CCCCc1ncc(CCl)s1. The van der Waals surface area contributed by atoms with E-state index in [1.54, 1.807) is 11.3 Å². The van der Waals surface area contributed by atoms with Crippen LogP contribution < -0.4 is 0 Å². The summed E-state index contributed by atoms with van der Waals surface area (Å²) in [6, 6.07) is 0. The molecule has 62 valence electrons. The number of aromatic nitrogens is 1. The van der Waals surface area contributed by atoms with Gasteiger partial charge in [-0.2, -0.15) is 0 Å². The zero-order valence-electron chi connectivity index (χ0n) is 6.64. The third kappa shape index (κ3) is 2.80. The number of hydrogen-bond donors (Lipinski definition) is 0. The average Bonchev–Trinajstić information content (AvgIpc) is 2.48. The van der Waals surface area contributed by atoms with Crippen molar-refractivity contribution in [2.24, 2.45) is 0 Å². The van der Waals surface area contributed by atoms with E-state index in [0.29, 0.717) is 5.88 Å². The summed E-state index contributed by atoms with van der Waals surface area (Å²) in [7, 11) is 0. The highest BCUT2D eigenvalue weighted by Crippen LogP contribution is 2.16. The third-order valence-corrected chi connectivity index (χ3v) is 2.98. The van der Waals surface area contributed by atoms with E-state index >= 15 is 0 Å². The second-order valence-electron chi connectivity index (χ2n) is 2.46. The summed E-state index contributed by atoms with van der Waals surface area (Å²) in [5.74, 6) is 0.601. The fourth-order valence-corrected chi connectivity index (χ4v) is 1.90. The molecule has 0 N–H and O–H groups in total. The molecule has 3 heteroatoms. The molecule has 1 rings (SSSR count). The molecule has 0 saturated heterocycles. The van der Waals surface area contributed by atoms with Crippen molar-refractivity contribution in [2.45, 2.75) is 32.1 Å². The zero-order valence-corrected chi connectivity index (χ0v) is 8.21. The first-order valence-electron chi connectivity index (χ1n) is 3.86. The molecule has 11 heavy (non-hydrogen) atoms. The minimum atomic E-state index is 0.601. The molecule has 0 saturated carbocycles. The Morgan fingerprint density at radius 1 is 1.64 bits per heavy atom. The number of thiazole rings is 1. The van der Waals surface area contributed by atoms with Crippen LogP contribution in [0.4, 0.5) is 0 Å². The molecule has 0 spiro atoms. The maximum atomic E-state index is 5.64. The Hall–Kier alpha value is -0.0800. The fourth-order valence-electron chi connectivity index (χ4n) is 0.853. The second kappa shape index (κ2) is 4.73. The van der Waals surface area contributed by atoms with Crippen LogP contribution in [0.1, 0.15) is 29.7 Å². The number of alkyl halides is 1. The van der Waals surface area contributed by atoms with Crippen LogP contribution in [0, 0.1) is 0 Å². The fraction of sp³-hybridized carbons (Fsp3) is 0.625. The van der Waals surface area contributed by atoms with Crippen molar-refractivity contribution in [3.05, 3.63) is 16.1 Å². The molecular formula is C8H12ClNS. The first-order chi connectivity index (χ1) is 5.36. The van der Waals surface area contributed by atoms with Crippen molar-refractivity contribution in [2.75, 3.05) is 0 Å². The van der Waals surface area contributed by atoms with Crippen molar-refractivity contribution in [3.63, 3.8) is 0 Å². The molecule has 0 atom stereocenters. The smallest absolute Gasteiger partial charge is 0.0928 e. The lowest BCUT2D eigenvalue weighted by atomic mass is 10.3. The maximum absolute atomic E-state index is 5.64. The van der Waals surface area contributed by atoms with Gasteiger partial charge in [-0.15, -0.1) is 22.9 Å². The Labute approximate surface area is 76.4 Å². The van der Waals surface area contributed by atoms with Gasteiger partial charge < -0.3 is 0 Å². The van der Waals surface area contributed by atoms with Crippen LogP contribution in [-0.4, -0.2) is 4.98 Å². The molecule has 0 aromatic carbocycles. The summed E-state index contributed by atoms with van der Waals surface area (Å²) in [6.45, 7) is 2.19. The first-order valence-corrected chi connectivity index (χ1v) is 5.21. The summed E-state index contributed by atoms with van der Waals surface area (Å²) in [4.78, 5) is 5.44. The highest BCUT2D eigenvalue weighted by molar-refractivity contribution is 7.11. The van der Waals surface area contributed by atoms with Crippen molar-refractivity contribution in [1.29, 1.82) is 0 Å². The summed E-state index contributed by atoms with van der Waals surface area (Å²) >= 11 is 7.37. The minimum Gasteiger partial charge on any atom is -0.249 e. The topological polar surface area (TPSA) is 12.9 Å². The van der Waals surface area contributed by atoms with E-state index < -0.39 is 0 Å². The second-order valence-corrected chi connectivity index (χ2v) is 3.92. The lowest BCUT2D eigenvalue weighted by Crippen LogP contribution is -1.80. The highest BCUT2D eigenvalue weighted by atomic mass is 35.5. The number of rotatable bonds is 4. The van der Waals surface area contributed by atoms with Crippen LogP contribution in [-0.2, 0) is 12.3 Å². The summed E-state index contributed by atoms with van der Waals surface area (Å²) in [5.41, 5.74) is 0. The van der Waals surface area contributed by atoms with Gasteiger partial charge in [0.15, 0.2) is 0 Å². The molecule has 0 aliphatic heterocycles. The molecule has 0 aliphatic carbocycles. The molecule has 1 aromatic rings. The molecule has 0 aliphatic rings. The monoisotopic (exact) mass is 189 g/mol. The number of hydrogen-bond acceptors (Lipinski definition) is 2. The van der Waals surface area contributed by atoms with Crippen LogP contribution in [0.5, 0.6) is 0 Å². The number of halogens is 1. The van der Waals surface area contributed by atoms with Gasteiger partial charge in [-0.05, 0) is 12.8 Å². The number of nitrogens with zero attached hydrogens (tertiary/aromatic N) is 1. The van der Waals surface area contributed by atoms with Gasteiger partial charge in [-0.1, -0.05) is 13.3 Å². The normalized spacial score (nSPS) is 10.4. The van der Waals surface area contributed by atoms with Gasteiger partial charge >= 0.3 is 0 Å². The lowest BCUT2D eigenvalue weighted by molar-refractivity contribution is 0.790. The van der Waals surface area contributed by atoms with Crippen molar-refractivity contribution in [1.82, 2.24) is 4.98 Å². The Morgan fingerprint density at radius 3 is 3.00 bits per heavy atom. The summed E-state index contributed by atoms with van der Waals surface area (Å²) in [6.07, 6.45) is 5.45. The zero-order chi connectivity index (χ0) is 8.10. The Balaban J connectivity index is 2.44. The molecule has 1 aromatic heterocycles. The lowest BCUT2D eigenvalue weighted by Gasteiger charge is -1.89. The van der Waals surface area contributed by atoms with Crippen molar-refractivity contribution < 1.29 is 0 Å². The Morgan fingerprint density at radius 2 is 2.45 bits per heavy atom. The molecule has 0 radical (unpaired) electrons. The van der Waals surface area contributed by atoms with Gasteiger partial charge in [-0.25, -0.2) is 4.98 Å². The van der Waals surface area contributed by atoms with E-state index in [-0.39, 0.29) is 0 Å². The highest BCUT2D eigenvalue weighted by Gasteiger charge is 1.98. The molecule has 0 fully saturated rings. The quantitative estimate of drug-likeness (QED) is 0.663. The van der Waals surface area contributed by atoms with Gasteiger partial charge in [0.05, 0.1) is 10.9 Å². The van der Waals surface area contributed by atoms with E-state index in [4.69, 9.17) is 11.6 Å². The first kappa shape index (κ1) is 9.01. The molecule has 1 nitrogen and oxygen atoms in total. The largest absolute Gasteiger partial charge is 0.249 e. The van der Waals surface area contributed by atoms with Crippen molar-refractivity contribution >= 4 is 22.9 Å². The van der Waals surface area contributed by atoms with Gasteiger partial charge in [0, 0.05) is 11.1 Å². The minimum absolute atomic E-state index is 0.601. The van der Waals surface area contributed by atoms with Gasteiger partial charge in [0.25, 0.3) is 0 Å². The number of unbranched alkanes of at least 4 members (excludes halogenated alkanes) is 1. The van der Waals surface area contributed by atoms with Crippen LogP contribution in [0.25, 0.3) is 0 Å². The summed E-state index contributed by atoms with van der Waals surface area (Å²) in [5, 5.41) is 1.22. The van der Waals surface area contributed by atoms with Gasteiger partial charge in [0.2, 0.25) is 0 Å². The van der Waals surface area contributed by atoms with Crippen LogP contribution >= 0.6 is 22.9 Å². The molecular weight excluding hydrogens is 178 g/mol. The molecule has 0 bridgehead atoms. The Bertz CT molecular complexity index is 210. The van der Waals surface area contributed by atoms with E-state index in [2.05, 4.69) is 11.9 Å². The maximum Gasteiger partial charge on any atom is 0.0928 e.